The number of carboxylic acid groups (broad SMARTS) is 1. The highest BCUT2D eigenvalue weighted by atomic mass is 32.2. The summed E-state index contributed by atoms with van der Waals surface area (Å²) in [6, 6.07) is 15.4. The van der Waals surface area contributed by atoms with Crippen molar-refractivity contribution in [3.63, 3.8) is 0 Å². The highest BCUT2D eigenvalue weighted by Crippen LogP contribution is 2.36. The lowest BCUT2D eigenvalue weighted by Crippen LogP contribution is -2.31. The first-order valence-corrected chi connectivity index (χ1v) is 13.7. The molecule has 4 aromatic rings. The van der Waals surface area contributed by atoms with Crippen LogP contribution in [0.25, 0.3) is 22.0 Å². The lowest BCUT2D eigenvalue weighted by Gasteiger charge is -2.16. The molecule has 1 atom stereocenters. The fraction of sp³-hybridized carbons (Fsp3) is 0.185. The molecular weight excluding hydrogens is 511 g/mol. The van der Waals surface area contributed by atoms with Crippen molar-refractivity contribution in [3.8, 4) is 11.1 Å². The van der Waals surface area contributed by atoms with Crippen molar-refractivity contribution in [2.24, 2.45) is 0 Å². The second-order valence-corrected chi connectivity index (χ2v) is 11.1. The van der Waals surface area contributed by atoms with Crippen molar-refractivity contribution in [1.82, 2.24) is 10.3 Å². The van der Waals surface area contributed by atoms with E-state index in [1.165, 1.54) is 12.1 Å². The summed E-state index contributed by atoms with van der Waals surface area (Å²) in [4.78, 5) is 27.7. The minimum Gasteiger partial charge on any atom is -0.477 e. The van der Waals surface area contributed by atoms with Crippen LogP contribution >= 0.6 is 0 Å². The predicted molar refractivity (Wildman–Crippen MR) is 146 cm³/mol. The molecule has 0 fully saturated rings. The zero-order chi connectivity index (χ0) is 27.6. The van der Waals surface area contributed by atoms with Crippen molar-refractivity contribution in [2.45, 2.75) is 18.7 Å². The van der Waals surface area contributed by atoms with E-state index in [0.717, 1.165) is 18.0 Å². The van der Waals surface area contributed by atoms with Crippen molar-refractivity contribution in [2.75, 3.05) is 23.9 Å². The summed E-state index contributed by atoms with van der Waals surface area (Å²) in [6.07, 6.45) is 1.01. The van der Waals surface area contributed by atoms with Crippen LogP contribution in [0.2, 0.25) is 0 Å². The molecule has 0 aliphatic carbocycles. The minimum atomic E-state index is -3.45. The smallest absolute Gasteiger partial charge is 0.352 e. The van der Waals surface area contributed by atoms with E-state index >= 15 is 0 Å². The summed E-state index contributed by atoms with van der Waals surface area (Å²) in [5.74, 6) is -2.45. The first kappa shape index (κ1) is 26.7. The van der Waals surface area contributed by atoms with Crippen LogP contribution in [0.3, 0.4) is 0 Å². The number of urea groups is 1. The van der Waals surface area contributed by atoms with Gasteiger partial charge in [0.05, 0.1) is 17.3 Å². The Hall–Kier alpha value is -4.38. The van der Waals surface area contributed by atoms with Crippen LogP contribution in [0.5, 0.6) is 0 Å². The van der Waals surface area contributed by atoms with Crippen molar-refractivity contribution < 1.29 is 27.5 Å². The molecule has 11 heteroatoms. The second-order valence-electron chi connectivity index (χ2n) is 8.97. The van der Waals surface area contributed by atoms with Crippen molar-refractivity contribution in [1.29, 1.82) is 0 Å². The molecule has 198 valence electrons. The number of H-pyrrole nitrogens is 1. The number of carbonyl (C=O) groups excluding carboxylic acids is 1. The molecule has 4 rings (SSSR count). The highest BCUT2D eigenvalue weighted by Gasteiger charge is 2.23. The molecule has 0 bridgehead atoms. The largest absolute Gasteiger partial charge is 0.477 e. The van der Waals surface area contributed by atoms with Gasteiger partial charge in [-0.05, 0) is 48.4 Å². The van der Waals surface area contributed by atoms with Crippen molar-refractivity contribution >= 4 is 44.1 Å². The molecule has 1 heterocycles. The Kier molecular flexibility index (Phi) is 7.40. The molecule has 0 spiro atoms. The van der Waals surface area contributed by atoms with Crippen LogP contribution in [0, 0.1) is 5.82 Å². The van der Waals surface area contributed by atoms with Crippen LogP contribution in [-0.2, 0) is 15.6 Å². The molecule has 5 N–H and O–H groups in total. The van der Waals surface area contributed by atoms with E-state index in [-0.39, 0.29) is 22.4 Å². The Morgan fingerprint density at radius 1 is 1.05 bits per heavy atom. The number of aromatic nitrogens is 1. The van der Waals surface area contributed by atoms with Crippen LogP contribution in [-0.4, -0.2) is 43.8 Å². The fourth-order valence-corrected chi connectivity index (χ4v) is 5.12. The average Bonchev–Trinajstić information content (AvgIpc) is 3.25. The summed E-state index contributed by atoms with van der Waals surface area (Å²) in [5, 5.41) is 19.0. The monoisotopic (exact) mass is 538 g/mol. The average molecular weight is 539 g/mol. The number of rotatable bonds is 8. The molecule has 0 aliphatic heterocycles. The lowest BCUT2D eigenvalue weighted by molar-refractivity contribution is 0.0692. The van der Waals surface area contributed by atoms with Gasteiger partial charge in [-0.1, -0.05) is 30.3 Å². The molecule has 9 nitrogen and oxygen atoms in total. The number of carbonyl (C=O) groups is 2. The number of hydrogen-bond acceptors (Lipinski definition) is 5. The van der Waals surface area contributed by atoms with Crippen LogP contribution in [0.4, 0.5) is 20.6 Å². The number of fused-ring (bicyclic) bond motifs is 1. The van der Waals surface area contributed by atoms with Crippen molar-refractivity contribution in [3.05, 3.63) is 83.3 Å². The van der Waals surface area contributed by atoms with Gasteiger partial charge in [-0.25, -0.2) is 22.4 Å². The summed E-state index contributed by atoms with van der Waals surface area (Å²) in [5.41, 5.74) is 3.01. The predicted octanol–water partition coefficient (Wildman–Crippen LogP) is 5.14. The van der Waals surface area contributed by atoms with E-state index in [9.17, 15) is 27.5 Å². The Morgan fingerprint density at radius 3 is 2.34 bits per heavy atom. The first-order valence-electron chi connectivity index (χ1n) is 11.7. The molecule has 1 unspecified atom stereocenters. The Bertz CT molecular complexity index is 1630. The first-order chi connectivity index (χ1) is 18.0. The zero-order valence-electron chi connectivity index (χ0n) is 20.9. The van der Waals surface area contributed by atoms with Gasteiger partial charge in [0.15, 0.2) is 9.84 Å². The molecule has 0 radical (unpaired) electrons. The van der Waals surface area contributed by atoms with Gasteiger partial charge in [-0.2, -0.15) is 0 Å². The third-order valence-electron chi connectivity index (χ3n) is 6.08. The Labute approximate surface area is 219 Å². The maximum Gasteiger partial charge on any atom is 0.352 e. The van der Waals surface area contributed by atoms with Gasteiger partial charge >= 0.3 is 12.0 Å². The van der Waals surface area contributed by atoms with Gasteiger partial charge in [0.25, 0.3) is 0 Å². The number of anilines is 2. The standard InChI is InChI=1S/C27H27FN4O5S/c1-15(30-27(35)31-19-11-9-18(29-2)10-12-19)20-5-4-6-21-23(25(26(33)34)32-24(20)21)16-7-8-17(22(28)13-16)14-38(3,36)37/h4-13,15,29,32H,14H2,1-3H3,(H,33,34)(H2,30,31,35). The number of benzene rings is 3. The number of nitrogens with one attached hydrogen (secondary N) is 4. The van der Waals surface area contributed by atoms with E-state index in [4.69, 9.17) is 0 Å². The number of aromatic carboxylic acids is 1. The van der Waals surface area contributed by atoms with Crippen LogP contribution < -0.4 is 16.0 Å². The van der Waals surface area contributed by atoms with E-state index in [0.29, 0.717) is 22.2 Å². The van der Waals surface area contributed by atoms with Crippen LogP contribution in [0.1, 0.15) is 34.6 Å². The molecule has 38 heavy (non-hydrogen) atoms. The number of halogens is 1. The number of carboxylic acids is 1. The minimum absolute atomic E-state index is 0.00177. The molecule has 0 saturated carbocycles. The van der Waals surface area contributed by atoms with Gasteiger partial charge < -0.3 is 26.0 Å². The van der Waals surface area contributed by atoms with E-state index in [2.05, 4.69) is 20.9 Å². The maximum absolute atomic E-state index is 14.8. The van der Waals surface area contributed by atoms with Gasteiger partial charge in [0.2, 0.25) is 0 Å². The lowest BCUT2D eigenvalue weighted by atomic mass is 9.98. The molecule has 2 amide bonds. The third-order valence-corrected chi connectivity index (χ3v) is 6.92. The number of para-hydroxylation sites is 1. The summed E-state index contributed by atoms with van der Waals surface area (Å²) in [7, 11) is -1.66. The summed E-state index contributed by atoms with van der Waals surface area (Å²) in [6.45, 7) is 1.76. The zero-order valence-corrected chi connectivity index (χ0v) is 21.7. The molecule has 3 aromatic carbocycles. The number of amides is 2. The number of hydrogen-bond donors (Lipinski definition) is 5. The normalized spacial score (nSPS) is 12.2. The highest BCUT2D eigenvalue weighted by molar-refractivity contribution is 7.89. The summed E-state index contributed by atoms with van der Waals surface area (Å²) < 4.78 is 38.0. The van der Waals surface area contributed by atoms with Gasteiger partial charge in [0, 0.05) is 41.2 Å². The van der Waals surface area contributed by atoms with Gasteiger partial charge in [-0.3, -0.25) is 0 Å². The van der Waals surface area contributed by atoms with Gasteiger partial charge in [0.1, 0.15) is 11.5 Å². The topological polar surface area (TPSA) is 140 Å². The van der Waals surface area contributed by atoms with Crippen LogP contribution in [0.15, 0.2) is 60.7 Å². The molecule has 1 aromatic heterocycles. The second kappa shape index (κ2) is 10.5. The Balaban J connectivity index is 1.67. The number of sulfone groups is 1. The SMILES string of the molecule is CNc1ccc(NC(=O)NC(C)c2cccc3c(-c4ccc(CS(C)(=O)=O)c(F)c4)c(C(=O)O)[nH]c23)cc1. The summed E-state index contributed by atoms with van der Waals surface area (Å²) >= 11 is 0. The molecule has 0 saturated heterocycles. The third kappa shape index (κ3) is 5.78. The quantitative estimate of drug-likeness (QED) is 0.210. The Morgan fingerprint density at radius 2 is 1.74 bits per heavy atom. The van der Waals surface area contributed by atoms with Gasteiger partial charge in [-0.15, -0.1) is 0 Å². The maximum atomic E-state index is 14.8. The van der Waals surface area contributed by atoms with E-state index < -0.39 is 39.4 Å². The van der Waals surface area contributed by atoms with E-state index in [1.807, 2.05) is 12.1 Å². The molecular formula is C27H27FN4O5S. The number of aromatic amines is 1. The fourth-order valence-electron chi connectivity index (χ4n) is 4.33. The molecule has 0 aliphatic rings. The van der Waals surface area contributed by atoms with E-state index in [1.54, 1.807) is 44.3 Å².